The minimum absolute atomic E-state index is 0.204. The Morgan fingerprint density at radius 3 is 1.80 bits per heavy atom. The summed E-state index contributed by atoms with van der Waals surface area (Å²) in [5.41, 5.74) is -4.05. The Balaban J connectivity index is 0.000000627. The van der Waals surface area contributed by atoms with E-state index >= 15 is 0 Å². The zero-order valence-corrected chi connectivity index (χ0v) is 31.2. The molecule has 0 spiro atoms. The first-order chi connectivity index (χ1) is 23.9. The van der Waals surface area contributed by atoms with E-state index in [1.165, 1.54) is 58.5 Å². The summed E-state index contributed by atoms with van der Waals surface area (Å²) in [5.74, 6) is 0.615. The molecule has 0 heterocycles. The smallest absolute Gasteiger partial charge is 0.279 e. The Bertz CT molecular complexity index is 1720. The Labute approximate surface area is 305 Å². The molecule has 50 heavy (non-hydrogen) atoms. The van der Waals surface area contributed by atoms with E-state index in [9.17, 15) is 13.2 Å². The standard InChI is InChI=1S/C39H42ClPS.CHF3O3S/c1-2-3-7-17-33(32-18-8-4-9-19-32)20-16-31-39(40)30-15-14-25-38(39)42-37-28-26-36(27-29-37)41(34-21-10-5-11-22-34)35-23-12-6-13-24-35;2-1(3,4)8(5,6)7/h4-6,8-15,18-19,21-30,33,38H,2-3,7,16-17,20,31H2,1H3;(H,5,6,7). The third-order valence-corrected chi connectivity index (χ3v) is 13.5. The molecule has 0 aromatic heterocycles. The molecule has 266 valence electrons. The van der Waals surface area contributed by atoms with E-state index in [0.29, 0.717) is 5.92 Å². The predicted octanol–water partition coefficient (Wildman–Crippen LogP) is 10.9. The van der Waals surface area contributed by atoms with Crippen molar-refractivity contribution in [1.29, 1.82) is 0 Å². The van der Waals surface area contributed by atoms with Gasteiger partial charge in [0.15, 0.2) is 0 Å². The third-order valence-electron chi connectivity index (χ3n) is 8.46. The normalized spacial score (nSPS) is 18.0. The first-order valence-electron chi connectivity index (χ1n) is 16.7. The van der Waals surface area contributed by atoms with Crippen LogP contribution in [-0.4, -0.2) is 28.6 Å². The van der Waals surface area contributed by atoms with Gasteiger partial charge < -0.3 is 0 Å². The van der Waals surface area contributed by atoms with E-state index in [0.717, 1.165) is 12.8 Å². The second-order valence-corrected chi connectivity index (χ2v) is 17.7. The zero-order chi connectivity index (χ0) is 36.0. The van der Waals surface area contributed by atoms with Gasteiger partial charge in [0.25, 0.3) is 0 Å². The first kappa shape index (κ1) is 39.9. The Morgan fingerprint density at radius 1 is 0.780 bits per heavy atom. The van der Waals surface area contributed by atoms with E-state index in [1.807, 2.05) is 11.8 Å². The number of unbranched alkanes of at least 4 members (excludes halogenated alkanes) is 2. The minimum Gasteiger partial charge on any atom is -0.279 e. The van der Waals surface area contributed by atoms with Crippen LogP contribution in [0.2, 0.25) is 0 Å². The average Bonchev–Trinajstić information content (AvgIpc) is 3.10. The highest BCUT2D eigenvalue weighted by Gasteiger charge is 2.44. The van der Waals surface area contributed by atoms with Crippen molar-refractivity contribution in [3.8, 4) is 0 Å². The van der Waals surface area contributed by atoms with E-state index in [2.05, 4.69) is 146 Å². The van der Waals surface area contributed by atoms with Crippen LogP contribution in [0, 0.1) is 0 Å². The molecule has 1 N–H and O–H groups in total. The van der Waals surface area contributed by atoms with E-state index in [-0.39, 0.29) is 10.1 Å². The van der Waals surface area contributed by atoms with Crippen molar-refractivity contribution >= 4 is 57.3 Å². The van der Waals surface area contributed by atoms with Crippen molar-refractivity contribution < 1.29 is 26.1 Å². The van der Waals surface area contributed by atoms with Gasteiger partial charge in [-0.1, -0.05) is 160 Å². The van der Waals surface area contributed by atoms with Gasteiger partial charge in [-0.25, -0.2) is 0 Å². The molecule has 10 heteroatoms. The van der Waals surface area contributed by atoms with Crippen LogP contribution < -0.4 is 15.9 Å². The first-order valence-corrected chi connectivity index (χ1v) is 20.8. The minimum atomic E-state index is -5.84. The summed E-state index contributed by atoms with van der Waals surface area (Å²) in [4.78, 5) is 0.898. The van der Waals surface area contributed by atoms with Crippen LogP contribution >= 0.6 is 31.3 Å². The Morgan fingerprint density at radius 2 is 1.28 bits per heavy atom. The van der Waals surface area contributed by atoms with Gasteiger partial charge >= 0.3 is 15.6 Å². The van der Waals surface area contributed by atoms with Gasteiger partial charge in [0.05, 0.1) is 10.1 Å². The van der Waals surface area contributed by atoms with Crippen molar-refractivity contribution in [2.24, 2.45) is 0 Å². The van der Waals surface area contributed by atoms with Crippen LogP contribution in [0.1, 0.15) is 63.4 Å². The highest BCUT2D eigenvalue weighted by Crippen LogP contribution is 2.43. The van der Waals surface area contributed by atoms with Gasteiger partial charge in [-0.15, -0.1) is 23.4 Å². The number of thioether (sulfide) groups is 1. The molecule has 4 aromatic rings. The van der Waals surface area contributed by atoms with E-state index < -0.39 is 23.5 Å². The average molecular weight is 759 g/mol. The maximum atomic E-state index is 10.7. The summed E-state index contributed by atoms with van der Waals surface area (Å²) in [7, 11) is -6.44. The summed E-state index contributed by atoms with van der Waals surface area (Å²) in [6.45, 7) is 2.29. The second kappa shape index (κ2) is 19.1. The number of benzene rings is 4. The molecule has 0 saturated carbocycles. The molecular weight excluding hydrogens is 716 g/mol. The van der Waals surface area contributed by atoms with Gasteiger partial charge in [0, 0.05) is 4.90 Å². The number of rotatable bonds is 14. The number of halogens is 4. The lowest BCUT2D eigenvalue weighted by Crippen LogP contribution is -2.32. The molecule has 0 saturated heterocycles. The number of hydrogen-bond acceptors (Lipinski definition) is 3. The van der Waals surface area contributed by atoms with Crippen molar-refractivity contribution in [3.63, 3.8) is 0 Å². The fourth-order valence-electron chi connectivity index (χ4n) is 5.88. The summed E-state index contributed by atoms with van der Waals surface area (Å²) in [6.07, 6.45) is 17.3. The molecule has 1 aliphatic carbocycles. The lowest BCUT2D eigenvalue weighted by Gasteiger charge is -2.33. The van der Waals surface area contributed by atoms with Crippen molar-refractivity contribution in [1.82, 2.24) is 0 Å². The molecule has 4 aromatic carbocycles. The Hall–Kier alpha value is -2.87. The molecule has 0 bridgehead atoms. The van der Waals surface area contributed by atoms with Crippen molar-refractivity contribution in [3.05, 3.63) is 145 Å². The summed E-state index contributed by atoms with van der Waals surface area (Å²) < 4.78 is 57.5. The number of hydrogen-bond donors (Lipinski definition) is 1. The van der Waals surface area contributed by atoms with Crippen LogP contribution in [0.4, 0.5) is 13.2 Å². The van der Waals surface area contributed by atoms with Crippen LogP contribution in [0.3, 0.4) is 0 Å². The van der Waals surface area contributed by atoms with Gasteiger partial charge in [-0.05, 0) is 66.7 Å². The number of allylic oxidation sites excluding steroid dienone is 3. The van der Waals surface area contributed by atoms with E-state index in [1.54, 1.807) is 0 Å². The SMILES string of the molecule is CCCCCC(CCCC1(Cl)C=CC=CC1Sc1ccc(P(c2ccccc2)c2ccccc2)cc1)c1ccccc1.O=S(=O)(O)C(F)(F)F. The highest BCUT2D eigenvalue weighted by atomic mass is 35.5. The van der Waals surface area contributed by atoms with Gasteiger partial charge in [-0.3, -0.25) is 4.55 Å². The van der Waals surface area contributed by atoms with Gasteiger partial charge in [0.1, 0.15) is 0 Å². The molecule has 3 nitrogen and oxygen atoms in total. The lowest BCUT2D eigenvalue weighted by atomic mass is 9.86. The summed E-state index contributed by atoms with van der Waals surface area (Å²) >= 11 is 9.33. The molecule has 3 atom stereocenters. The van der Waals surface area contributed by atoms with Crippen LogP contribution in [0.15, 0.2) is 144 Å². The predicted molar refractivity (Wildman–Crippen MR) is 206 cm³/mol. The molecule has 0 radical (unpaired) electrons. The topological polar surface area (TPSA) is 54.4 Å². The summed E-state index contributed by atoms with van der Waals surface area (Å²) in [5, 5.41) is 4.33. The van der Waals surface area contributed by atoms with E-state index in [4.69, 9.17) is 24.6 Å². The Kier molecular flexibility index (Phi) is 15.2. The molecule has 1 aliphatic rings. The number of alkyl halides is 4. The molecule has 3 unspecified atom stereocenters. The van der Waals surface area contributed by atoms with Gasteiger partial charge in [0.2, 0.25) is 0 Å². The third kappa shape index (κ3) is 11.8. The second-order valence-electron chi connectivity index (χ2n) is 12.1. The van der Waals surface area contributed by atoms with Crippen LogP contribution in [-0.2, 0) is 10.1 Å². The molecule has 0 amide bonds. The van der Waals surface area contributed by atoms with Crippen molar-refractivity contribution in [2.75, 3.05) is 0 Å². The maximum Gasteiger partial charge on any atom is 0.522 e. The van der Waals surface area contributed by atoms with Crippen LogP contribution in [0.5, 0.6) is 0 Å². The largest absolute Gasteiger partial charge is 0.522 e. The monoisotopic (exact) mass is 758 g/mol. The zero-order valence-electron chi connectivity index (χ0n) is 27.9. The lowest BCUT2D eigenvalue weighted by molar-refractivity contribution is -0.0510. The quantitative estimate of drug-likeness (QED) is 0.0457. The van der Waals surface area contributed by atoms with Crippen LogP contribution in [0.25, 0.3) is 0 Å². The molecule has 0 fully saturated rings. The highest BCUT2D eigenvalue weighted by molar-refractivity contribution is 8.00. The fourth-order valence-corrected chi connectivity index (χ4v) is 9.73. The summed E-state index contributed by atoms with van der Waals surface area (Å²) in [6, 6.07) is 42.2. The fraction of sp³-hybridized carbons (Fsp3) is 0.300. The molecule has 0 aliphatic heterocycles. The van der Waals surface area contributed by atoms with Gasteiger partial charge in [-0.2, -0.15) is 21.6 Å². The molecular formula is C40H43ClF3O3PS2. The van der Waals surface area contributed by atoms with Crippen molar-refractivity contribution in [2.45, 2.75) is 78.3 Å². The molecule has 5 rings (SSSR count). The maximum absolute atomic E-state index is 10.7.